The molecule has 25 heavy (non-hydrogen) atoms. The molecular formula is C19H27N3O3. The van der Waals surface area contributed by atoms with Crippen LogP contribution in [0.1, 0.15) is 24.3 Å². The normalized spacial score (nSPS) is 23.7. The average molecular weight is 345 g/mol. The minimum atomic E-state index is 0.0471. The molecule has 2 aliphatic heterocycles. The molecule has 0 aliphatic carbocycles. The lowest BCUT2D eigenvalue weighted by Gasteiger charge is -2.27. The van der Waals surface area contributed by atoms with Crippen LogP contribution in [-0.4, -0.2) is 67.6 Å². The Hall–Kier alpha value is -1.92. The highest BCUT2D eigenvalue weighted by Crippen LogP contribution is 2.32. The third-order valence-electron chi connectivity index (χ3n) is 5.24. The van der Waals surface area contributed by atoms with E-state index in [0.717, 1.165) is 0 Å². The van der Waals surface area contributed by atoms with Crippen LogP contribution in [0.25, 0.3) is 0 Å². The van der Waals surface area contributed by atoms with Gasteiger partial charge in [0.1, 0.15) is 0 Å². The van der Waals surface area contributed by atoms with Gasteiger partial charge in [0.25, 0.3) is 0 Å². The molecule has 1 aromatic rings. The van der Waals surface area contributed by atoms with Gasteiger partial charge in [-0.1, -0.05) is 30.3 Å². The van der Waals surface area contributed by atoms with Crippen LogP contribution < -0.4 is 5.73 Å². The molecular weight excluding hydrogens is 318 g/mol. The predicted octanol–water partition coefficient (Wildman–Crippen LogP) is 0.826. The van der Waals surface area contributed by atoms with E-state index in [1.807, 2.05) is 23.1 Å². The minimum absolute atomic E-state index is 0.0471. The molecule has 6 heteroatoms. The first-order valence-corrected chi connectivity index (χ1v) is 9.07. The summed E-state index contributed by atoms with van der Waals surface area (Å²) in [6, 6.07) is 10.2. The van der Waals surface area contributed by atoms with Crippen LogP contribution >= 0.6 is 0 Å². The number of amides is 2. The van der Waals surface area contributed by atoms with Crippen molar-refractivity contribution in [3.8, 4) is 0 Å². The number of ether oxygens (including phenoxy) is 1. The van der Waals surface area contributed by atoms with E-state index >= 15 is 0 Å². The second-order valence-corrected chi connectivity index (χ2v) is 6.80. The van der Waals surface area contributed by atoms with Gasteiger partial charge in [-0.2, -0.15) is 0 Å². The molecule has 2 atom stereocenters. The maximum absolute atomic E-state index is 12.6. The van der Waals surface area contributed by atoms with Crippen molar-refractivity contribution < 1.29 is 14.3 Å². The molecule has 2 aliphatic rings. The maximum Gasteiger partial charge on any atom is 0.223 e. The number of carbonyl (C=O) groups excluding carboxylic acids is 2. The van der Waals surface area contributed by atoms with Gasteiger partial charge in [-0.05, 0) is 18.0 Å². The lowest BCUT2D eigenvalue weighted by atomic mass is 9.89. The average Bonchev–Trinajstić information content (AvgIpc) is 3.12. The third kappa shape index (κ3) is 4.38. The first-order valence-electron chi connectivity index (χ1n) is 9.07. The van der Waals surface area contributed by atoms with Crippen molar-refractivity contribution in [2.45, 2.75) is 18.8 Å². The van der Waals surface area contributed by atoms with Gasteiger partial charge in [0, 0.05) is 44.9 Å². The first kappa shape index (κ1) is 17.9. The van der Waals surface area contributed by atoms with E-state index < -0.39 is 0 Å². The van der Waals surface area contributed by atoms with Crippen LogP contribution in [0.4, 0.5) is 0 Å². The fraction of sp³-hybridized carbons (Fsp3) is 0.579. The Labute approximate surface area is 148 Å². The highest BCUT2D eigenvalue weighted by Gasteiger charge is 2.35. The Balaban J connectivity index is 1.53. The summed E-state index contributed by atoms with van der Waals surface area (Å²) >= 11 is 0. The molecule has 2 heterocycles. The summed E-state index contributed by atoms with van der Waals surface area (Å²) in [5.74, 6) is 0.663. The summed E-state index contributed by atoms with van der Waals surface area (Å²) in [6.07, 6.45) is 0.549. The number of carbonyl (C=O) groups is 2. The zero-order valence-electron chi connectivity index (χ0n) is 14.6. The largest absolute Gasteiger partial charge is 0.378 e. The van der Waals surface area contributed by atoms with Crippen LogP contribution in [-0.2, 0) is 14.3 Å². The Morgan fingerprint density at radius 2 is 1.64 bits per heavy atom. The van der Waals surface area contributed by atoms with Crippen molar-refractivity contribution in [3.63, 3.8) is 0 Å². The van der Waals surface area contributed by atoms with Crippen LogP contribution in [0.5, 0.6) is 0 Å². The lowest BCUT2D eigenvalue weighted by Crippen LogP contribution is -2.41. The van der Waals surface area contributed by atoms with Gasteiger partial charge in [-0.15, -0.1) is 0 Å². The molecule has 2 fully saturated rings. The van der Waals surface area contributed by atoms with Gasteiger partial charge in [-0.25, -0.2) is 0 Å². The summed E-state index contributed by atoms with van der Waals surface area (Å²) in [4.78, 5) is 28.4. The molecule has 2 saturated heterocycles. The number of nitrogens with two attached hydrogens (primary N) is 1. The molecule has 1 aromatic carbocycles. The molecule has 0 saturated carbocycles. The SMILES string of the molecule is NC[C@@H]1CN(C(=O)CCC(=O)N2CCOCC2)C[C@H]1c1ccccc1. The highest BCUT2D eigenvalue weighted by molar-refractivity contribution is 5.84. The second-order valence-electron chi connectivity index (χ2n) is 6.80. The van der Waals surface area contributed by atoms with Crippen LogP contribution in [0.15, 0.2) is 30.3 Å². The standard InChI is InChI=1S/C19H27N3O3/c20-12-16-13-22(14-17(16)15-4-2-1-3-5-15)19(24)7-6-18(23)21-8-10-25-11-9-21/h1-5,16-17H,6-14,20H2/t16-,17+/m1/s1. The van der Waals surface area contributed by atoms with E-state index in [9.17, 15) is 9.59 Å². The summed E-state index contributed by atoms with van der Waals surface area (Å²) in [6.45, 7) is 4.36. The van der Waals surface area contributed by atoms with Gasteiger partial charge in [0.05, 0.1) is 13.2 Å². The Morgan fingerprint density at radius 1 is 1.00 bits per heavy atom. The maximum atomic E-state index is 12.6. The van der Waals surface area contributed by atoms with Gasteiger partial charge in [0.15, 0.2) is 0 Å². The molecule has 2 amide bonds. The molecule has 0 spiro atoms. The number of hydrogen-bond acceptors (Lipinski definition) is 4. The van der Waals surface area contributed by atoms with Crippen molar-refractivity contribution >= 4 is 11.8 Å². The molecule has 6 nitrogen and oxygen atoms in total. The quantitative estimate of drug-likeness (QED) is 0.857. The van der Waals surface area contributed by atoms with E-state index in [2.05, 4.69) is 12.1 Å². The van der Waals surface area contributed by atoms with Gasteiger partial charge >= 0.3 is 0 Å². The molecule has 136 valence electrons. The Morgan fingerprint density at radius 3 is 2.28 bits per heavy atom. The summed E-state index contributed by atoms with van der Waals surface area (Å²) < 4.78 is 5.25. The van der Waals surface area contributed by atoms with E-state index in [-0.39, 0.29) is 36.5 Å². The zero-order valence-corrected chi connectivity index (χ0v) is 14.6. The van der Waals surface area contributed by atoms with E-state index in [4.69, 9.17) is 10.5 Å². The molecule has 0 unspecified atom stereocenters. The molecule has 2 N–H and O–H groups in total. The lowest BCUT2D eigenvalue weighted by molar-refractivity contribution is -0.139. The van der Waals surface area contributed by atoms with Crippen molar-refractivity contribution in [1.82, 2.24) is 9.80 Å². The van der Waals surface area contributed by atoms with Crippen molar-refractivity contribution in [2.75, 3.05) is 45.9 Å². The van der Waals surface area contributed by atoms with E-state index in [1.165, 1.54) is 5.56 Å². The fourth-order valence-corrected chi connectivity index (χ4v) is 3.73. The minimum Gasteiger partial charge on any atom is -0.378 e. The van der Waals surface area contributed by atoms with Gasteiger partial charge in [-0.3, -0.25) is 9.59 Å². The first-order chi connectivity index (χ1) is 12.2. The summed E-state index contributed by atoms with van der Waals surface area (Å²) in [5.41, 5.74) is 7.17. The van der Waals surface area contributed by atoms with Crippen molar-refractivity contribution in [3.05, 3.63) is 35.9 Å². The second kappa shape index (κ2) is 8.45. The summed E-state index contributed by atoms with van der Waals surface area (Å²) in [5, 5.41) is 0. The van der Waals surface area contributed by atoms with Crippen molar-refractivity contribution in [1.29, 1.82) is 0 Å². The van der Waals surface area contributed by atoms with E-state index in [0.29, 0.717) is 45.9 Å². The molecule has 3 rings (SSSR count). The highest BCUT2D eigenvalue weighted by atomic mass is 16.5. The van der Waals surface area contributed by atoms with Crippen LogP contribution in [0.2, 0.25) is 0 Å². The van der Waals surface area contributed by atoms with Crippen LogP contribution in [0, 0.1) is 5.92 Å². The topological polar surface area (TPSA) is 75.9 Å². The smallest absolute Gasteiger partial charge is 0.223 e. The molecule has 0 aromatic heterocycles. The number of morpholine rings is 1. The Bertz CT molecular complexity index is 587. The number of hydrogen-bond donors (Lipinski definition) is 1. The predicted molar refractivity (Wildman–Crippen MR) is 94.9 cm³/mol. The van der Waals surface area contributed by atoms with Crippen LogP contribution in [0.3, 0.4) is 0 Å². The number of rotatable bonds is 5. The van der Waals surface area contributed by atoms with Gasteiger partial charge in [0.2, 0.25) is 11.8 Å². The monoisotopic (exact) mass is 345 g/mol. The summed E-state index contributed by atoms with van der Waals surface area (Å²) in [7, 11) is 0. The van der Waals surface area contributed by atoms with Gasteiger partial charge < -0.3 is 20.3 Å². The van der Waals surface area contributed by atoms with E-state index in [1.54, 1.807) is 4.90 Å². The molecule has 0 radical (unpaired) electrons. The number of nitrogens with zero attached hydrogens (tertiary/aromatic N) is 2. The molecule has 0 bridgehead atoms. The van der Waals surface area contributed by atoms with Crippen molar-refractivity contribution in [2.24, 2.45) is 11.7 Å². The fourth-order valence-electron chi connectivity index (χ4n) is 3.73. The number of benzene rings is 1. The zero-order chi connectivity index (χ0) is 17.6. The number of likely N-dealkylation sites (tertiary alicyclic amines) is 1. The third-order valence-corrected chi connectivity index (χ3v) is 5.24. The Kier molecular flexibility index (Phi) is 6.04.